The van der Waals surface area contributed by atoms with Crippen LogP contribution >= 0.6 is 0 Å². The summed E-state index contributed by atoms with van der Waals surface area (Å²) in [6.07, 6.45) is 6.37. The van der Waals surface area contributed by atoms with Crippen LogP contribution in [0.25, 0.3) is 0 Å². The number of hydrogen-bond acceptors (Lipinski definition) is 3. The second kappa shape index (κ2) is 8.42. The van der Waals surface area contributed by atoms with Crippen LogP contribution in [0.3, 0.4) is 0 Å². The maximum atomic E-state index is 13.1. The fraction of sp³-hybridized carbons (Fsp3) is 0.636. The van der Waals surface area contributed by atoms with Gasteiger partial charge in [0, 0.05) is 44.1 Å². The van der Waals surface area contributed by atoms with Crippen molar-refractivity contribution in [2.75, 3.05) is 26.2 Å². The molecule has 0 saturated carbocycles. The van der Waals surface area contributed by atoms with Crippen molar-refractivity contribution in [3.05, 3.63) is 35.9 Å². The first kappa shape index (κ1) is 18.5. The van der Waals surface area contributed by atoms with E-state index in [9.17, 15) is 9.59 Å². The lowest BCUT2D eigenvalue weighted by Crippen LogP contribution is -2.48. The molecule has 2 bridgehead atoms. The number of amides is 2. The summed E-state index contributed by atoms with van der Waals surface area (Å²) in [6.45, 7) is 3.43. The Bertz CT molecular complexity index is 641. The summed E-state index contributed by atoms with van der Waals surface area (Å²) in [5.74, 6) is 0.677. The summed E-state index contributed by atoms with van der Waals surface area (Å²) in [6, 6.07) is 11.0. The molecule has 1 N–H and O–H groups in total. The first-order valence-corrected chi connectivity index (χ1v) is 10.6. The number of aryl methyl sites for hydroxylation is 1. The number of carbonyl (C=O) groups excluding carboxylic acids is 2. The zero-order valence-electron chi connectivity index (χ0n) is 16.1. The molecule has 146 valence electrons. The van der Waals surface area contributed by atoms with E-state index in [0.717, 1.165) is 64.7 Å². The van der Waals surface area contributed by atoms with Gasteiger partial charge in [-0.15, -0.1) is 0 Å². The van der Waals surface area contributed by atoms with Crippen molar-refractivity contribution in [2.45, 2.75) is 57.0 Å². The second-order valence-electron chi connectivity index (χ2n) is 8.26. The molecule has 0 radical (unpaired) electrons. The number of rotatable bonds is 4. The van der Waals surface area contributed by atoms with Gasteiger partial charge >= 0.3 is 0 Å². The molecule has 2 atom stereocenters. The Morgan fingerprint density at radius 1 is 0.963 bits per heavy atom. The van der Waals surface area contributed by atoms with Gasteiger partial charge in [0.1, 0.15) is 0 Å². The van der Waals surface area contributed by atoms with Crippen LogP contribution < -0.4 is 5.32 Å². The van der Waals surface area contributed by atoms with Crippen LogP contribution in [0.2, 0.25) is 0 Å². The SMILES string of the molecule is O=C(CCc1ccccc1)N1CCC(C(=O)N2C3CCNCC2CC3)CC1. The van der Waals surface area contributed by atoms with Crippen molar-refractivity contribution in [1.82, 2.24) is 15.1 Å². The molecule has 1 aromatic rings. The first-order valence-electron chi connectivity index (χ1n) is 10.6. The second-order valence-corrected chi connectivity index (χ2v) is 8.26. The number of carbonyl (C=O) groups is 2. The highest BCUT2D eigenvalue weighted by molar-refractivity contribution is 5.81. The Kier molecular flexibility index (Phi) is 5.77. The first-order chi connectivity index (χ1) is 13.2. The normalized spacial score (nSPS) is 26.1. The van der Waals surface area contributed by atoms with Gasteiger partial charge < -0.3 is 15.1 Å². The zero-order valence-corrected chi connectivity index (χ0v) is 16.1. The van der Waals surface area contributed by atoms with Crippen LogP contribution in [0.5, 0.6) is 0 Å². The lowest BCUT2D eigenvalue weighted by molar-refractivity contribution is -0.142. The molecule has 5 heteroatoms. The van der Waals surface area contributed by atoms with Crippen LogP contribution in [0.15, 0.2) is 30.3 Å². The highest BCUT2D eigenvalue weighted by atomic mass is 16.2. The van der Waals surface area contributed by atoms with Crippen LogP contribution in [0, 0.1) is 5.92 Å². The van der Waals surface area contributed by atoms with Crippen molar-refractivity contribution in [1.29, 1.82) is 0 Å². The van der Waals surface area contributed by atoms with E-state index in [-0.39, 0.29) is 11.8 Å². The maximum absolute atomic E-state index is 13.1. The monoisotopic (exact) mass is 369 g/mol. The van der Waals surface area contributed by atoms with Crippen LogP contribution in [-0.4, -0.2) is 59.9 Å². The van der Waals surface area contributed by atoms with E-state index in [0.29, 0.717) is 24.4 Å². The number of piperidine rings is 1. The molecule has 2 amide bonds. The largest absolute Gasteiger partial charge is 0.343 e. The molecule has 3 saturated heterocycles. The third-order valence-electron chi connectivity index (χ3n) is 6.58. The molecule has 3 fully saturated rings. The third-order valence-corrected chi connectivity index (χ3v) is 6.58. The number of fused-ring (bicyclic) bond motifs is 2. The van der Waals surface area contributed by atoms with Gasteiger partial charge in [-0.25, -0.2) is 0 Å². The van der Waals surface area contributed by atoms with Crippen molar-refractivity contribution < 1.29 is 9.59 Å². The van der Waals surface area contributed by atoms with Crippen molar-refractivity contribution in [3.8, 4) is 0 Å². The van der Waals surface area contributed by atoms with Gasteiger partial charge in [-0.3, -0.25) is 9.59 Å². The summed E-state index contributed by atoms with van der Waals surface area (Å²) in [7, 11) is 0. The summed E-state index contributed by atoms with van der Waals surface area (Å²) in [5, 5.41) is 3.47. The minimum Gasteiger partial charge on any atom is -0.343 e. The minimum absolute atomic E-state index is 0.101. The maximum Gasteiger partial charge on any atom is 0.226 e. The lowest BCUT2D eigenvalue weighted by Gasteiger charge is -2.36. The predicted octanol–water partition coefficient (Wildman–Crippen LogP) is 2.21. The third kappa shape index (κ3) is 4.18. The van der Waals surface area contributed by atoms with Crippen LogP contribution in [0.1, 0.15) is 44.1 Å². The van der Waals surface area contributed by atoms with Gasteiger partial charge in [-0.2, -0.15) is 0 Å². The van der Waals surface area contributed by atoms with Crippen molar-refractivity contribution in [2.24, 2.45) is 5.92 Å². The van der Waals surface area contributed by atoms with Gasteiger partial charge in [-0.05, 0) is 50.6 Å². The molecule has 0 aliphatic carbocycles. The summed E-state index contributed by atoms with van der Waals surface area (Å²) in [4.78, 5) is 29.8. The Balaban J connectivity index is 1.27. The number of nitrogens with one attached hydrogen (secondary N) is 1. The van der Waals surface area contributed by atoms with Gasteiger partial charge in [0.05, 0.1) is 0 Å². The zero-order chi connectivity index (χ0) is 18.6. The van der Waals surface area contributed by atoms with Crippen LogP contribution in [-0.2, 0) is 16.0 Å². The highest BCUT2D eigenvalue weighted by Gasteiger charge is 2.41. The Hall–Kier alpha value is -1.88. The number of nitrogens with zero attached hydrogens (tertiary/aromatic N) is 2. The molecule has 0 spiro atoms. The average Bonchev–Trinajstić information content (AvgIpc) is 2.99. The quantitative estimate of drug-likeness (QED) is 0.885. The van der Waals surface area contributed by atoms with Gasteiger partial charge in [-0.1, -0.05) is 30.3 Å². The molecule has 3 aliphatic heterocycles. The smallest absolute Gasteiger partial charge is 0.226 e. The standard InChI is InChI=1S/C22H31N3O2/c26-21(9-6-17-4-2-1-3-5-17)24-14-11-18(12-15-24)22(27)25-19-7-8-20(25)16-23-13-10-19/h1-5,18-20,23H,6-16H2. The minimum atomic E-state index is 0.101. The molecule has 27 heavy (non-hydrogen) atoms. The van der Waals surface area contributed by atoms with E-state index < -0.39 is 0 Å². The fourth-order valence-electron chi connectivity index (χ4n) is 4.98. The van der Waals surface area contributed by atoms with E-state index in [1.807, 2.05) is 23.1 Å². The highest BCUT2D eigenvalue weighted by Crippen LogP contribution is 2.31. The summed E-state index contributed by atoms with van der Waals surface area (Å²) >= 11 is 0. The Morgan fingerprint density at radius 2 is 1.70 bits per heavy atom. The van der Waals surface area contributed by atoms with E-state index in [1.54, 1.807) is 0 Å². The molecule has 1 aromatic carbocycles. The fourth-order valence-corrected chi connectivity index (χ4v) is 4.98. The molecule has 2 unspecified atom stereocenters. The predicted molar refractivity (Wildman–Crippen MR) is 105 cm³/mol. The molecule has 3 heterocycles. The van der Waals surface area contributed by atoms with Crippen molar-refractivity contribution >= 4 is 11.8 Å². The Labute approximate surface area is 162 Å². The molecule has 4 rings (SSSR count). The number of benzene rings is 1. The molecular formula is C22H31N3O2. The summed E-state index contributed by atoms with van der Waals surface area (Å²) < 4.78 is 0. The van der Waals surface area contributed by atoms with Gasteiger partial charge in [0.15, 0.2) is 0 Å². The molecule has 0 aromatic heterocycles. The van der Waals surface area contributed by atoms with E-state index in [2.05, 4.69) is 22.3 Å². The number of likely N-dealkylation sites (tertiary alicyclic amines) is 1. The number of hydrogen-bond donors (Lipinski definition) is 1. The van der Waals surface area contributed by atoms with Crippen molar-refractivity contribution in [3.63, 3.8) is 0 Å². The van der Waals surface area contributed by atoms with E-state index in [1.165, 1.54) is 5.56 Å². The average molecular weight is 370 g/mol. The molecular weight excluding hydrogens is 338 g/mol. The van der Waals surface area contributed by atoms with Gasteiger partial charge in [0.2, 0.25) is 11.8 Å². The lowest BCUT2D eigenvalue weighted by atomic mass is 9.94. The topological polar surface area (TPSA) is 52.7 Å². The summed E-state index contributed by atoms with van der Waals surface area (Å²) in [5.41, 5.74) is 1.21. The molecule has 3 aliphatic rings. The van der Waals surface area contributed by atoms with E-state index in [4.69, 9.17) is 0 Å². The van der Waals surface area contributed by atoms with Crippen LogP contribution in [0.4, 0.5) is 0 Å². The van der Waals surface area contributed by atoms with E-state index >= 15 is 0 Å². The Morgan fingerprint density at radius 3 is 2.48 bits per heavy atom. The van der Waals surface area contributed by atoms with Gasteiger partial charge in [0.25, 0.3) is 0 Å². The molecule has 5 nitrogen and oxygen atoms in total.